The van der Waals surface area contributed by atoms with Crippen LogP contribution in [0.5, 0.6) is 0 Å². The van der Waals surface area contributed by atoms with E-state index in [0.29, 0.717) is 25.6 Å². The van der Waals surface area contributed by atoms with Crippen LogP contribution in [0.1, 0.15) is 46.5 Å². The molecule has 6 heteroatoms. The average Bonchev–Trinajstić information content (AvgIpc) is 2.40. The van der Waals surface area contributed by atoms with Gasteiger partial charge in [0.05, 0.1) is 0 Å². The molecule has 0 saturated heterocycles. The summed E-state index contributed by atoms with van der Waals surface area (Å²) in [5, 5.41) is 0. The van der Waals surface area contributed by atoms with Gasteiger partial charge in [-0.2, -0.15) is 17.0 Å². The van der Waals surface area contributed by atoms with Gasteiger partial charge in [0.15, 0.2) is 0 Å². The molecule has 0 aromatic carbocycles. The first-order valence-electron chi connectivity index (χ1n) is 7.28. The third kappa shape index (κ3) is 3.29. The van der Waals surface area contributed by atoms with Crippen molar-refractivity contribution in [3.63, 3.8) is 0 Å². The highest BCUT2D eigenvalue weighted by Crippen LogP contribution is 2.36. The predicted molar refractivity (Wildman–Crippen MR) is 79.0 cm³/mol. The molecule has 1 saturated carbocycles. The van der Waals surface area contributed by atoms with Crippen molar-refractivity contribution < 1.29 is 8.42 Å². The number of rotatable bonds is 6. The Morgan fingerprint density at radius 3 is 2.05 bits per heavy atom. The Bertz CT molecular complexity index is 371. The number of nitrogens with two attached hydrogens (primary N) is 1. The molecule has 0 spiro atoms. The van der Waals surface area contributed by atoms with Gasteiger partial charge in [0.1, 0.15) is 0 Å². The lowest BCUT2D eigenvalue weighted by Gasteiger charge is -2.45. The van der Waals surface area contributed by atoms with E-state index in [-0.39, 0.29) is 0 Å². The molecule has 1 aliphatic rings. The lowest BCUT2D eigenvalue weighted by atomic mass is 9.77. The molecule has 1 rings (SSSR count). The van der Waals surface area contributed by atoms with Crippen LogP contribution in [0.4, 0.5) is 0 Å². The molecular formula is C13H29N3O2S. The highest BCUT2D eigenvalue weighted by molar-refractivity contribution is 7.86. The Labute approximate surface area is 118 Å². The first-order valence-corrected chi connectivity index (χ1v) is 8.68. The van der Waals surface area contributed by atoms with Gasteiger partial charge in [-0.15, -0.1) is 0 Å². The van der Waals surface area contributed by atoms with Crippen LogP contribution in [-0.4, -0.2) is 49.2 Å². The Morgan fingerprint density at radius 1 is 1.21 bits per heavy atom. The summed E-state index contributed by atoms with van der Waals surface area (Å²) in [6.07, 6.45) is 3.83. The van der Waals surface area contributed by atoms with Crippen LogP contribution in [0.25, 0.3) is 0 Å². The maximum Gasteiger partial charge on any atom is 0.282 e. The number of likely N-dealkylation sites (N-methyl/N-ethyl adjacent to an activating group) is 1. The van der Waals surface area contributed by atoms with Crippen LogP contribution < -0.4 is 5.73 Å². The van der Waals surface area contributed by atoms with Gasteiger partial charge in [-0.05, 0) is 31.6 Å². The number of nitrogens with zero attached hydrogens (tertiary/aromatic N) is 2. The van der Waals surface area contributed by atoms with Crippen LogP contribution in [0.3, 0.4) is 0 Å². The summed E-state index contributed by atoms with van der Waals surface area (Å²) in [5.41, 5.74) is 5.54. The fourth-order valence-corrected chi connectivity index (χ4v) is 4.66. The summed E-state index contributed by atoms with van der Waals surface area (Å²) in [4.78, 5) is 0. The van der Waals surface area contributed by atoms with Crippen molar-refractivity contribution in [2.24, 2.45) is 11.7 Å². The monoisotopic (exact) mass is 291 g/mol. The molecule has 0 aromatic heterocycles. The van der Waals surface area contributed by atoms with Crippen LogP contribution in [-0.2, 0) is 10.2 Å². The summed E-state index contributed by atoms with van der Waals surface area (Å²) in [6.45, 7) is 7.36. The molecule has 0 bridgehead atoms. The highest BCUT2D eigenvalue weighted by Gasteiger charge is 2.43. The highest BCUT2D eigenvalue weighted by atomic mass is 32.2. The third-order valence-electron chi connectivity index (χ3n) is 4.63. The smallest absolute Gasteiger partial charge is 0.282 e. The van der Waals surface area contributed by atoms with Gasteiger partial charge in [0, 0.05) is 32.2 Å². The molecule has 114 valence electrons. The largest absolute Gasteiger partial charge is 0.329 e. The molecule has 0 aromatic rings. The molecule has 19 heavy (non-hydrogen) atoms. The van der Waals surface area contributed by atoms with E-state index in [1.807, 2.05) is 13.8 Å². The van der Waals surface area contributed by atoms with Gasteiger partial charge < -0.3 is 5.73 Å². The molecule has 1 aliphatic carbocycles. The second-order valence-electron chi connectivity index (χ2n) is 5.67. The van der Waals surface area contributed by atoms with Crippen molar-refractivity contribution >= 4 is 10.2 Å². The number of hydrogen-bond acceptors (Lipinski definition) is 3. The van der Waals surface area contributed by atoms with E-state index < -0.39 is 15.7 Å². The lowest BCUT2D eigenvalue weighted by molar-refractivity contribution is 0.128. The predicted octanol–water partition coefficient (Wildman–Crippen LogP) is 1.41. The van der Waals surface area contributed by atoms with E-state index in [0.717, 1.165) is 25.7 Å². The molecular weight excluding hydrogens is 262 g/mol. The summed E-state index contributed by atoms with van der Waals surface area (Å²) >= 11 is 0. The first kappa shape index (κ1) is 16.9. The summed E-state index contributed by atoms with van der Waals surface area (Å²) in [5.74, 6) is 0.671. The maximum absolute atomic E-state index is 12.6. The van der Waals surface area contributed by atoms with Gasteiger partial charge >= 0.3 is 0 Å². The fraction of sp³-hybridized carbons (Fsp3) is 1.00. The fourth-order valence-electron chi connectivity index (χ4n) is 2.91. The van der Waals surface area contributed by atoms with Crippen molar-refractivity contribution in [2.75, 3.05) is 26.7 Å². The van der Waals surface area contributed by atoms with Gasteiger partial charge in [-0.25, -0.2) is 0 Å². The Hall–Kier alpha value is -0.170. The second-order valence-corrected chi connectivity index (χ2v) is 7.63. The minimum atomic E-state index is -3.40. The molecule has 0 amide bonds. The molecule has 0 radical (unpaired) electrons. The third-order valence-corrected chi connectivity index (χ3v) is 6.88. The Morgan fingerprint density at radius 2 is 1.68 bits per heavy atom. The lowest BCUT2D eigenvalue weighted by Crippen LogP contribution is -2.59. The van der Waals surface area contributed by atoms with E-state index in [2.05, 4.69) is 6.92 Å². The zero-order valence-electron chi connectivity index (χ0n) is 12.7. The van der Waals surface area contributed by atoms with Crippen LogP contribution in [0.15, 0.2) is 0 Å². The molecule has 0 atom stereocenters. The molecule has 2 N–H and O–H groups in total. The van der Waals surface area contributed by atoms with Crippen LogP contribution in [0.2, 0.25) is 0 Å². The second kappa shape index (κ2) is 6.52. The summed E-state index contributed by atoms with van der Waals surface area (Å²) < 4.78 is 28.3. The SMILES string of the molecule is CCN(CC)S(=O)(=O)N(C)C1(CN)CCC(C)CC1. The molecule has 1 fully saturated rings. The van der Waals surface area contributed by atoms with Crippen molar-refractivity contribution in [3.8, 4) is 0 Å². The van der Waals surface area contributed by atoms with E-state index in [4.69, 9.17) is 5.73 Å². The van der Waals surface area contributed by atoms with E-state index in [1.54, 1.807) is 11.4 Å². The maximum atomic E-state index is 12.6. The quantitative estimate of drug-likeness (QED) is 0.804. The molecule has 5 nitrogen and oxygen atoms in total. The zero-order valence-corrected chi connectivity index (χ0v) is 13.5. The standard InChI is InChI=1S/C13H29N3O2S/c1-5-16(6-2)19(17,18)15(4)13(11-14)9-7-12(3)8-10-13/h12H,5-11,14H2,1-4H3. The average molecular weight is 291 g/mol. The Kier molecular flexibility index (Phi) is 5.79. The van der Waals surface area contributed by atoms with Crippen LogP contribution in [0, 0.1) is 5.92 Å². The topological polar surface area (TPSA) is 66.6 Å². The van der Waals surface area contributed by atoms with E-state index in [1.165, 1.54) is 4.31 Å². The zero-order chi connectivity index (χ0) is 14.7. The molecule has 0 aliphatic heterocycles. The van der Waals surface area contributed by atoms with Crippen molar-refractivity contribution in [1.29, 1.82) is 0 Å². The minimum absolute atomic E-state index is 0.395. The van der Waals surface area contributed by atoms with Gasteiger partial charge in [0.25, 0.3) is 10.2 Å². The van der Waals surface area contributed by atoms with Gasteiger partial charge in [-0.3, -0.25) is 0 Å². The van der Waals surface area contributed by atoms with Crippen LogP contribution >= 0.6 is 0 Å². The van der Waals surface area contributed by atoms with Gasteiger partial charge in [0.2, 0.25) is 0 Å². The van der Waals surface area contributed by atoms with E-state index in [9.17, 15) is 8.42 Å². The van der Waals surface area contributed by atoms with Crippen molar-refractivity contribution in [3.05, 3.63) is 0 Å². The van der Waals surface area contributed by atoms with E-state index >= 15 is 0 Å². The summed E-state index contributed by atoms with van der Waals surface area (Å²) in [6, 6.07) is 0. The van der Waals surface area contributed by atoms with Gasteiger partial charge in [-0.1, -0.05) is 20.8 Å². The Balaban J connectivity index is 2.98. The summed E-state index contributed by atoms with van der Waals surface area (Å²) in [7, 11) is -1.71. The van der Waals surface area contributed by atoms with Crippen molar-refractivity contribution in [2.45, 2.75) is 52.0 Å². The van der Waals surface area contributed by atoms with Crippen molar-refractivity contribution in [1.82, 2.24) is 8.61 Å². The molecule has 0 heterocycles. The minimum Gasteiger partial charge on any atom is -0.329 e. The molecule has 0 unspecified atom stereocenters. The normalized spacial score (nSPS) is 29.1. The first-order chi connectivity index (χ1) is 8.84. The number of hydrogen-bond donors (Lipinski definition) is 1.